The Labute approximate surface area is 75.3 Å². The Kier molecular flexibility index (Phi) is 1.79. The minimum Gasteiger partial charge on any atom is -0.346 e. The summed E-state index contributed by atoms with van der Waals surface area (Å²) < 4.78 is 0. The molecule has 0 aliphatic rings. The van der Waals surface area contributed by atoms with E-state index in [1.165, 1.54) is 0 Å². The lowest BCUT2D eigenvalue weighted by Crippen LogP contribution is -1.95. The fraction of sp³-hybridized carbons (Fsp3) is 0.111. The van der Waals surface area contributed by atoms with E-state index < -0.39 is 0 Å². The molecule has 1 heterocycles. The van der Waals surface area contributed by atoms with Crippen molar-refractivity contribution < 1.29 is 0 Å². The number of H-pyrrole nitrogens is 1. The molecule has 0 amide bonds. The van der Waals surface area contributed by atoms with Crippen LogP contribution in [0.5, 0.6) is 0 Å². The molecule has 1 aromatic heterocycles. The van der Waals surface area contributed by atoms with Crippen molar-refractivity contribution in [2.45, 2.75) is 6.54 Å². The quantitative estimate of drug-likeness (QED) is 0.695. The van der Waals surface area contributed by atoms with Crippen molar-refractivity contribution in [2.75, 3.05) is 0 Å². The second-order valence-electron chi connectivity index (χ2n) is 2.70. The van der Waals surface area contributed by atoms with Gasteiger partial charge in [-0.3, -0.25) is 0 Å². The number of hydrogen-bond acceptors (Lipinski definition) is 1. The van der Waals surface area contributed by atoms with Crippen molar-refractivity contribution in [2.24, 2.45) is 5.73 Å². The van der Waals surface area contributed by atoms with Crippen molar-refractivity contribution >= 4 is 22.5 Å². The van der Waals surface area contributed by atoms with Crippen LogP contribution in [0.2, 0.25) is 5.15 Å². The molecule has 0 radical (unpaired) electrons. The molecule has 0 saturated heterocycles. The van der Waals surface area contributed by atoms with Crippen LogP contribution in [0, 0.1) is 0 Å². The summed E-state index contributed by atoms with van der Waals surface area (Å²) in [5.74, 6) is 0. The fourth-order valence-corrected chi connectivity index (χ4v) is 1.57. The molecular weight excluding hydrogens is 172 g/mol. The summed E-state index contributed by atoms with van der Waals surface area (Å²) in [4.78, 5) is 3.04. The minimum atomic E-state index is 0.547. The van der Waals surface area contributed by atoms with Crippen LogP contribution < -0.4 is 5.73 Å². The second kappa shape index (κ2) is 2.81. The first-order valence-corrected chi connectivity index (χ1v) is 4.15. The van der Waals surface area contributed by atoms with Crippen LogP contribution in [0.25, 0.3) is 10.9 Å². The zero-order valence-corrected chi connectivity index (χ0v) is 7.23. The summed E-state index contributed by atoms with van der Waals surface area (Å²) in [6.07, 6.45) is 0. The number of hydrogen-bond donors (Lipinski definition) is 2. The summed E-state index contributed by atoms with van der Waals surface area (Å²) in [5.41, 5.74) is 7.73. The third-order valence-electron chi connectivity index (χ3n) is 1.94. The minimum absolute atomic E-state index is 0.547. The summed E-state index contributed by atoms with van der Waals surface area (Å²) in [6.45, 7) is 0.547. The van der Waals surface area contributed by atoms with Gasteiger partial charge < -0.3 is 10.7 Å². The zero-order valence-electron chi connectivity index (χ0n) is 6.47. The standard InChI is InChI=1S/C9H9ClN2/c10-9-4-7-6(5-11)2-1-3-8(7)12-9/h1-4,12H,5,11H2. The van der Waals surface area contributed by atoms with Gasteiger partial charge in [-0.15, -0.1) is 0 Å². The van der Waals surface area contributed by atoms with E-state index >= 15 is 0 Å². The van der Waals surface area contributed by atoms with Gasteiger partial charge in [-0.2, -0.15) is 0 Å². The van der Waals surface area contributed by atoms with E-state index in [0.717, 1.165) is 16.5 Å². The molecule has 0 fully saturated rings. The molecule has 3 N–H and O–H groups in total. The molecular formula is C9H9ClN2. The second-order valence-corrected chi connectivity index (χ2v) is 3.11. The SMILES string of the molecule is NCc1cccc2[nH]c(Cl)cc12. The molecule has 0 unspecified atom stereocenters. The Bertz CT molecular complexity index is 406. The van der Waals surface area contributed by atoms with Crippen molar-refractivity contribution in [1.29, 1.82) is 0 Å². The number of nitrogens with one attached hydrogen (secondary N) is 1. The lowest BCUT2D eigenvalue weighted by atomic mass is 10.1. The smallest absolute Gasteiger partial charge is 0.107 e. The van der Waals surface area contributed by atoms with Gasteiger partial charge in [0.1, 0.15) is 5.15 Å². The van der Waals surface area contributed by atoms with Crippen LogP contribution in [0.4, 0.5) is 0 Å². The molecule has 2 aromatic rings. The lowest BCUT2D eigenvalue weighted by molar-refractivity contribution is 1.09. The molecule has 0 bridgehead atoms. The van der Waals surface area contributed by atoms with Gasteiger partial charge in [0, 0.05) is 17.4 Å². The van der Waals surface area contributed by atoms with E-state index in [1.54, 1.807) is 0 Å². The molecule has 62 valence electrons. The first kappa shape index (κ1) is 7.65. The topological polar surface area (TPSA) is 41.8 Å². The summed E-state index contributed by atoms with van der Waals surface area (Å²) in [6, 6.07) is 7.86. The average molecular weight is 181 g/mol. The monoisotopic (exact) mass is 180 g/mol. The van der Waals surface area contributed by atoms with Crippen LogP contribution in [-0.2, 0) is 6.54 Å². The van der Waals surface area contributed by atoms with Gasteiger partial charge in [0.05, 0.1) is 0 Å². The first-order chi connectivity index (χ1) is 5.81. The highest BCUT2D eigenvalue weighted by atomic mass is 35.5. The highest BCUT2D eigenvalue weighted by Gasteiger charge is 2.01. The Morgan fingerprint density at radius 1 is 1.42 bits per heavy atom. The van der Waals surface area contributed by atoms with E-state index in [2.05, 4.69) is 4.98 Å². The Morgan fingerprint density at radius 3 is 3.00 bits per heavy atom. The number of fused-ring (bicyclic) bond motifs is 1. The summed E-state index contributed by atoms with van der Waals surface area (Å²) in [7, 11) is 0. The molecule has 12 heavy (non-hydrogen) atoms. The van der Waals surface area contributed by atoms with Crippen molar-refractivity contribution in [3.63, 3.8) is 0 Å². The number of nitrogens with two attached hydrogens (primary N) is 1. The van der Waals surface area contributed by atoms with Crippen LogP contribution in [0.3, 0.4) is 0 Å². The van der Waals surface area contributed by atoms with Crippen molar-refractivity contribution in [3.05, 3.63) is 35.0 Å². The third kappa shape index (κ3) is 1.09. The van der Waals surface area contributed by atoms with E-state index in [-0.39, 0.29) is 0 Å². The molecule has 0 aliphatic carbocycles. The maximum atomic E-state index is 5.82. The van der Waals surface area contributed by atoms with E-state index in [0.29, 0.717) is 11.7 Å². The maximum absolute atomic E-state index is 5.82. The predicted molar refractivity (Wildman–Crippen MR) is 51.2 cm³/mol. The number of benzene rings is 1. The largest absolute Gasteiger partial charge is 0.346 e. The van der Waals surface area contributed by atoms with E-state index in [1.807, 2.05) is 24.3 Å². The summed E-state index contributed by atoms with van der Waals surface area (Å²) in [5, 5.41) is 1.77. The fourth-order valence-electron chi connectivity index (χ4n) is 1.36. The predicted octanol–water partition coefficient (Wildman–Crippen LogP) is 2.28. The summed E-state index contributed by atoms with van der Waals surface area (Å²) >= 11 is 5.82. The molecule has 1 aromatic carbocycles. The number of aromatic amines is 1. The Hall–Kier alpha value is -0.990. The van der Waals surface area contributed by atoms with Gasteiger partial charge in [0.15, 0.2) is 0 Å². The molecule has 2 nitrogen and oxygen atoms in total. The molecule has 0 aliphatic heterocycles. The first-order valence-electron chi connectivity index (χ1n) is 3.77. The normalized spacial score (nSPS) is 10.8. The van der Waals surface area contributed by atoms with Crippen LogP contribution >= 0.6 is 11.6 Å². The number of aromatic nitrogens is 1. The molecule has 2 rings (SSSR count). The molecule has 0 saturated carbocycles. The zero-order chi connectivity index (χ0) is 8.55. The van der Waals surface area contributed by atoms with Gasteiger partial charge in [0.2, 0.25) is 0 Å². The van der Waals surface area contributed by atoms with Crippen molar-refractivity contribution in [1.82, 2.24) is 4.98 Å². The maximum Gasteiger partial charge on any atom is 0.107 e. The van der Waals surface area contributed by atoms with Crippen LogP contribution in [0.15, 0.2) is 24.3 Å². The third-order valence-corrected chi connectivity index (χ3v) is 2.15. The van der Waals surface area contributed by atoms with Gasteiger partial charge >= 0.3 is 0 Å². The lowest BCUT2D eigenvalue weighted by Gasteiger charge is -1.96. The highest BCUT2D eigenvalue weighted by Crippen LogP contribution is 2.21. The van der Waals surface area contributed by atoms with Crippen molar-refractivity contribution in [3.8, 4) is 0 Å². The van der Waals surface area contributed by atoms with Crippen LogP contribution in [-0.4, -0.2) is 4.98 Å². The highest BCUT2D eigenvalue weighted by molar-refractivity contribution is 6.30. The Balaban J connectivity index is 2.78. The average Bonchev–Trinajstić information content (AvgIpc) is 2.44. The van der Waals surface area contributed by atoms with E-state index in [9.17, 15) is 0 Å². The number of rotatable bonds is 1. The molecule has 0 spiro atoms. The van der Waals surface area contributed by atoms with Gasteiger partial charge in [-0.25, -0.2) is 0 Å². The van der Waals surface area contributed by atoms with Gasteiger partial charge in [-0.1, -0.05) is 23.7 Å². The Morgan fingerprint density at radius 2 is 2.25 bits per heavy atom. The molecule has 3 heteroatoms. The number of halogens is 1. The van der Waals surface area contributed by atoms with E-state index in [4.69, 9.17) is 17.3 Å². The van der Waals surface area contributed by atoms with Gasteiger partial charge in [0.25, 0.3) is 0 Å². The van der Waals surface area contributed by atoms with Crippen LogP contribution in [0.1, 0.15) is 5.56 Å². The van der Waals surface area contributed by atoms with Gasteiger partial charge in [-0.05, 0) is 17.7 Å². The molecule has 0 atom stereocenters.